The van der Waals surface area contributed by atoms with E-state index in [1.807, 2.05) is 31.2 Å². The SMILES string of the molecule is CCC(=O)c1cccc(OCCN(CC)CC)c1. The summed E-state index contributed by atoms with van der Waals surface area (Å²) >= 11 is 0. The average Bonchev–Trinajstić information content (AvgIpc) is 2.43. The molecule has 100 valence electrons. The third kappa shape index (κ3) is 4.49. The van der Waals surface area contributed by atoms with E-state index < -0.39 is 0 Å². The number of hydrogen-bond donors (Lipinski definition) is 0. The second-order valence-electron chi connectivity index (χ2n) is 4.18. The van der Waals surface area contributed by atoms with Crippen molar-refractivity contribution in [1.29, 1.82) is 0 Å². The van der Waals surface area contributed by atoms with Crippen molar-refractivity contribution in [2.75, 3.05) is 26.2 Å². The summed E-state index contributed by atoms with van der Waals surface area (Å²) in [6, 6.07) is 7.43. The van der Waals surface area contributed by atoms with Gasteiger partial charge in [-0.05, 0) is 25.2 Å². The zero-order valence-corrected chi connectivity index (χ0v) is 11.6. The number of ether oxygens (including phenoxy) is 1. The summed E-state index contributed by atoms with van der Waals surface area (Å²) < 4.78 is 5.68. The van der Waals surface area contributed by atoms with Gasteiger partial charge in [0.25, 0.3) is 0 Å². The third-order valence-electron chi connectivity index (χ3n) is 3.05. The minimum atomic E-state index is 0.157. The van der Waals surface area contributed by atoms with Gasteiger partial charge in [0.05, 0.1) is 0 Å². The number of nitrogens with zero attached hydrogens (tertiary/aromatic N) is 1. The number of likely N-dealkylation sites (N-methyl/N-ethyl adjacent to an activating group) is 1. The van der Waals surface area contributed by atoms with Crippen LogP contribution >= 0.6 is 0 Å². The molecule has 0 aliphatic carbocycles. The lowest BCUT2D eigenvalue weighted by Crippen LogP contribution is -2.27. The second-order valence-corrected chi connectivity index (χ2v) is 4.18. The predicted molar refractivity (Wildman–Crippen MR) is 74.3 cm³/mol. The minimum absolute atomic E-state index is 0.157. The van der Waals surface area contributed by atoms with E-state index in [0.717, 1.165) is 30.9 Å². The van der Waals surface area contributed by atoms with Crippen molar-refractivity contribution >= 4 is 5.78 Å². The van der Waals surface area contributed by atoms with Crippen LogP contribution in [0.15, 0.2) is 24.3 Å². The monoisotopic (exact) mass is 249 g/mol. The molecule has 0 aliphatic heterocycles. The van der Waals surface area contributed by atoms with Crippen molar-refractivity contribution in [2.45, 2.75) is 27.2 Å². The first kappa shape index (κ1) is 14.7. The molecular weight excluding hydrogens is 226 g/mol. The largest absolute Gasteiger partial charge is 0.492 e. The fourth-order valence-electron chi connectivity index (χ4n) is 1.80. The lowest BCUT2D eigenvalue weighted by atomic mass is 10.1. The van der Waals surface area contributed by atoms with Crippen LogP contribution in [0.3, 0.4) is 0 Å². The van der Waals surface area contributed by atoms with E-state index in [1.165, 1.54) is 0 Å². The van der Waals surface area contributed by atoms with E-state index >= 15 is 0 Å². The standard InChI is InChI=1S/C15H23NO2/c1-4-15(17)13-8-7-9-14(12-13)18-11-10-16(5-2)6-3/h7-9,12H,4-6,10-11H2,1-3H3. The van der Waals surface area contributed by atoms with E-state index in [1.54, 1.807) is 0 Å². The quantitative estimate of drug-likeness (QED) is 0.663. The lowest BCUT2D eigenvalue weighted by Gasteiger charge is -2.18. The lowest BCUT2D eigenvalue weighted by molar-refractivity contribution is 0.0987. The molecule has 0 bridgehead atoms. The zero-order valence-electron chi connectivity index (χ0n) is 11.6. The molecule has 0 radical (unpaired) electrons. The Morgan fingerprint density at radius 2 is 1.94 bits per heavy atom. The molecule has 0 N–H and O–H groups in total. The molecule has 1 rings (SSSR count). The highest BCUT2D eigenvalue weighted by molar-refractivity contribution is 5.96. The predicted octanol–water partition coefficient (Wildman–Crippen LogP) is 3.00. The average molecular weight is 249 g/mol. The van der Waals surface area contributed by atoms with Crippen LogP contribution in [0.4, 0.5) is 0 Å². The smallest absolute Gasteiger partial charge is 0.162 e. The topological polar surface area (TPSA) is 29.5 Å². The zero-order chi connectivity index (χ0) is 13.4. The van der Waals surface area contributed by atoms with Crippen LogP contribution in [0.25, 0.3) is 0 Å². The molecule has 3 heteroatoms. The Balaban J connectivity index is 2.50. The number of ketones is 1. The van der Waals surface area contributed by atoms with Crippen LogP contribution in [0.5, 0.6) is 5.75 Å². The molecule has 0 saturated carbocycles. The van der Waals surface area contributed by atoms with Crippen LogP contribution in [0, 0.1) is 0 Å². The van der Waals surface area contributed by atoms with Gasteiger partial charge in [0, 0.05) is 18.5 Å². The molecule has 0 amide bonds. The van der Waals surface area contributed by atoms with Gasteiger partial charge in [0.15, 0.2) is 5.78 Å². The molecule has 0 aliphatic rings. The Morgan fingerprint density at radius 3 is 2.56 bits per heavy atom. The molecule has 0 spiro atoms. The highest BCUT2D eigenvalue weighted by Crippen LogP contribution is 2.14. The van der Waals surface area contributed by atoms with Crippen LogP contribution in [-0.2, 0) is 0 Å². The maximum atomic E-state index is 11.6. The summed E-state index contributed by atoms with van der Waals surface area (Å²) in [4.78, 5) is 13.9. The van der Waals surface area contributed by atoms with Gasteiger partial charge in [-0.3, -0.25) is 4.79 Å². The Morgan fingerprint density at radius 1 is 1.22 bits per heavy atom. The van der Waals surface area contributed by atoms with Crippen LogP contribution in [-0.4, -0.2) is 36.9 Å². The number of hydrogen-bond acceptors (Lipinski definition) is 3. The maximum absolute atomic E-state index is 11.6. The summed E-state index contributed by atoms with van der Waals surface area (Å²) in [5.74, 6) is 0.936. The Labute approximate surface area is 110 Å². The first-order chi connectivity index (χ1) is 8.71. The van der Waals surface area contributed by atoms with Crippen LogP contribution < -0.4 is 4.74 Å². The number of Topliss-reactive ketones (excluding diaryl/α,β-unsaturated/α-hetero) is 1. The van der Waals surface area contributed by atoms with E-state index in [0.29, 0.717) is 13.0 Å². The first-order valence-corrected chi connectivity index (χ1v) is 6.69. The molecule has 0 aromatic heterocycles. The van der Waals surface area contributed by atoms with Gasteiger partial charge in [-0.2, -0.15) is 0 Å². The third-order valence-corrected chi connectivity index (χ3v) is 3.05. The van der Waals surface area contributed by atoms with Gasteiger partial charge in [-0.1, -0.05) is 32.9 Å². The van der Waals surface area contributed by atoms with Crippen molar-refractivity contribution < 1.29 is 9.53 Å². The number of rotatable bonds is 8. The summed E-state index contributed by atoms with van der Waals surface area (Å²) in [6.45, 7) is 9.80. The van der Waals surface area contributed by atoms with Gasteiger partial charge >= 0.3 is 0 Å². The Kier molecular flexibility index (Phi) is 6.44. The number of carbonyl (C=O) groups is 1. The van der Waals surface area contributed by atoms with Crippen molar-refractivity contribution in [3.05, 3.63) is 29.8 Å². The minimum Gasteiger partial charge on any atom is -0.492 e. The fourth-order valence-corrected chi connectivity index (χ4v) is 1.80. The number of benzene rings is 1. The summed E-state index contributed by atoms with van der Waals surface area (Å²) in [5.41, 5.74) is 0.734. The van der Waals surface area contributed by atoms with E-state index in [9.17, 15) is 4.79 Å². The van der Waals surface area contributed by atoms with Crippen molar-refractivity contribution in [1.82, 2.24) is 4.90 Å². The van der Waals surface area contributed by atoms with E-state index in [4.69, 9.17) is 4.74 Å². The highest BCUT2D eigenvalue weighted by Gasteiger charge is 2.04. The van der Waals surface area contributed by atoms with Crippen LogP contribution in [0.1, 0.15) is 37.6 Å². The molecule has 1 aromatic carbocycles. The molecule has 1 aromatic rings. The first-order valence-electron chi connectivity index (χ1n) is 6.69. The van der Waals surface area contributed by atoms with Gasteiger partial charge in [-0.15, -0.1) is 0 Å². The molecular formula is C15H23NO2. The molecule has 0 fully saturated rings. The highest BCUT2D eigenvalue weighted by atomic mass is 16.5. The van der Waals surface area contributed by atoms with Gasteiger partial charge in [-0.25, -0.2) is 0 Å². The van der Waals surface area contributed by atoms with Crippen molar-refractivity contribution in [3.63, 3.8) is 0 Å². The Hall–Kier alpha value is -1.35. The Bertz CT molecular complexity index is 373. The molecule has 3 nitrogen and oxygen atoms in total. The molecule has 0 heterocycles. The van der Waals surface area contributed by atoms with E-state index in [-0.39, 0.29) is 5.78 Å². The molecule has 18 heavy (non-hydrogen) atoms. The van der Waals surface area contributed by atoms with Gasteiger partial charge < -0.3 is 9.64 Å². The van der Waals surface area contributed by atoms with Crippen molar-refractivity contribution in [3.8, 4) is 5.75 Å². The van der Waals surface area contributed by atoms with E-state index in [2.05, 4.69) is 18.7 Å². The van der Waals surface area contributed by atoms with Crippen molar-refractivity contribution in [2.24, 2.45) is 0 Å². The maximum Gasteiger partial charge on any atom is 0.162 e. The second kappa shape index (κ2) is 7.88. The number of carbonyl (C=O) groups excluding carboxylic acids is 1. The summed E-state index contributed by atoms with van der Waals surface area (Å²) in [5, 5.41) is 0. The van der Waals surface area contributed by atoms with Crippen LogP contribution in [0.2, 0.25) is 0 Å². The van der Waals surface area contributed by atoms with Gasteiger partial charge in [0.2, 0.25) is 0 Å². The molecule has 0 saturated heterocycles. The normalized spacial score (nSPS) is 10.7. The van der Waals surface area contributed by atoms with Gasteiger partial charge in [0.1, 0.15) is 12.4 Å². The fraction of sp³-hybridized carbons (Fsp3) is 0.533. The summed E-state index contributed by atoms with van der Waals surface area (Å²) in [6.07, 6.45) is 0.531. The molecule has 0 unspecified atom stereocenters. The molecule has 0 atom stereocenters. The summed E-state index contributed by atoms with van der Waals surface area (Å²) in [7, 11) is 0.